The van der Waals surface area contributed by atoms with Crippen LogP contribution in [0.25, 0.3) is 0 Å². The normalized spacial score (nSPS) is 15.0. The summed E-state index contributed by atoms with van der Waals surface area (Å²) in [6, 6.07) is 17.0. The van der Waals surface area contributed by atoms with E-state index in [9.17, 15) is 14.7 Å². The van der Waals surface area contributed by atoms with Gasteiger partial charge in [-0.2, -0.15) is 10.4 Å². The van der Waals surface area contributed by atoms with Crippen molar-refractivity contribution >= 4 is 63.4 Å². The highest BCUT2D eigenvalue weighted by Gasteiger charge is 2.32. The lowest BCUT2D eigenvalue weighted by molar-refractivity contribution is -0.136. The first-order valence-corrected chi connectivity index (χ1v) is 16.1. The monoisotopic (exact) mass is 851 g/mol. The van der Waals surface area contributed by atoms with Crippen molar-refractivity contribution in [1.29, 1.82) is 5.26 Å². The first kappa shape index (κ1) is 34.8. The lowest BCUT2D eigenvalue weighted by Crippen LogP contribution is -2.45. The number of benzene rings is 3. The SMILES string of the molecule is CCOc1cc([C@@H]2NC(=O)NC(C)=C2C(=O)OC)ccc1OC[C@@H](O)N/N=C/c1cc(I)c(OCc2ccc(C#N)cc2)c(I)c1. The molecule has 4 rings (SSSR count). The van der Waals surface area contributed by atoms with Crippen molar-refractivity contribution in [2.75, 3.05) is 20.3 Å². The number of allylic oxidation sites excluding steroid dienone is 1. The zero-order valence-electron chi connectivity index (χ0n) is 25.1. The molecule has 240 valence electrons. The van der Waals surface area contributed by atoms with Gasteiger partial charge in [-0.05, 0) is 112 Å². The Balaban J connectivity index is 1.36. The van der Waals surface area contributed by atoms with E-state index in [0.29, 0.717) is 41.5 Å². The number of hydrazone groups is 1. The van der Waals surface area contributed by atoms with Gasteiger partial charge in [-0.3, -0.25) is 5.43 Å². The lowest BCUT2D eigenvalue weighted by atomic mass is 9.95. The molecular weight excluding hydrogens is 820 g/mol. The van der Waals surface area contributed by atoms with E-state index < -0.39 is 24.3 Å². The van der Waals surface area contributed by atoms with E-state index in [-0.39, 0.29) is 12.2 Å². The van der Waals surface area contributed by atoms with Gasteiger partial charge in [0.15, 0.2) is 17.7 Å². The summed E-state index contributed by atoms with van der Waals surface area (Å²) in [5.74, 6) is 0.902. The van der Waals surface area contributed by atoms with Crippen LogP contribution in [0.1, 0.15) is 42.1 Å². The second kappa shape index (κ2) is 16.5. The molecule has 0 unspecified atom stereocenters. The Hall–Kier alpha value is -4.08. The maximum Gasteiger partial charge on any atom is 0.337 e. The van der Waals surface area contributed by atoms with E-state index in [1.807, 2.05) is 31.2 Å². The molecule has 3 aromatic carbocycles. The molecule has 2 amide bonds. The van der Waals surface area contributed by atoms with E-state index in [1.165, 1.54) is 7.11 Å². The van der Waals surface area contributed by atoms with Crippen molar-refractivity contribution < 1.29 is 33.6 Å². The van der Waals surface area contributed by atoms with Gasteiger partial charge >= 0.3 is 12.0 Å². The molecule has 0 aromatic heterocycles. The number of urea groups is 1. The van der Waals surface area contributed by atoms with E-state index in [0.717, 1.165) is 24.0 Å². The number of carbonyl (C=O) groups is 2. The summed E-state index contributed by atoms with van der Waals surface area (Å²) in [5, 5.41) is 28.9. The third-order valence-corrected chi connectivity index (χ3v) is 8.20. The molecular formula is C32H31I2N5O7. The predicted molar refractivity (Wildman–Crippen MR) is 186 cm³/mol. The topological polar surface area (TPSA) is 164 Å². The minimum absolute atomic E-state index is 0.148. The van der Waals surface area contributed by atoms with Crippen molar-refractivity contribution in [3.63, 3.8) is 0 Å². The molecule has 0 radical (unpaired) electrons. The fourth-order valence-electron chi connectivity index (χ4n) is 4.44. The molecule has 1 aliphatic rings. The average Bonchev–Trinajstić information content (AvgIpc) is 3.03. The molecule has 0 aliphatic carbocycles. The van der Waals surface area contributed by atoms with Crippen molar-refractivity contribution in [1.82, 2.24) is 16.1 Å². The molecule has 0 bridgehead atoms. The predicted octanol–water partition coefficient (Wildman–Crippen LogP) is 4.87. The van der Waals surface area contributed by atoms with Crippen molar-refractivity contribution in [3.8, 4) is 23.3 Å². The second-order valence-corrected chi connectivity index (χ2v) is 12.2. The minimum atomic E-state index is -1.14. The van der Waals surface area contributed by atoms with Crippen LogP contribution >= 0.6 is 45.2 Å². The fourth-order valence-corrected chi connectivity index (χ4v) is 6.57. The number of carbonyl (C=O) groups excluding carboxylic acids is 2. The van der Waals surface area contributed by atoms with Crippen molar-refractivity contribution in [2.45, 2.75) is 32.7 Å². The number of hydrogen-bond acceptors (Lipinski definition) is 10. The number of ether oxygens (including phenoxy) is 4. The number of nitrogens with zero attached hydrogens (tertiary/aromatic N) is 2. The summed E-state index contributed by atoms with van der Waals surface area (Å²) in [6.07, 6.45) is 0.443. The maximum absolute atomic E-state index is 12.5. The van der Waals surface area contributed by atoms with Crippen LogP contribution in [0.2, 0.25) is 0 Å². The number of aliphatic hydroxyl groups is 1. The highest BCUT2D eigenvalue weighted by molar-refractivity contribution is 14.1. The smallest absolute Gasteiger partial charge is 0.337 e. The van der Waals surface area contributed by atoms with Crippen LogP contribution in [0.15, 0.2) is 71.0 Å². The van der Waals surface area contributed by atoms with Gasteiger partial charge in [0, 0.05) is 5.70 Å². The van der Waals surface area contributed by atoms with E-state index in [1.54, 1.807) is 43.5 Å². The van der Waals surface area contributed by atoms with Gasteiger partial charge in [-0.1, -0.05) is 18.2 Å². The molecule has 2 atom stereocenters. The fraction of sp³-hybridized carbons (Fsp3) is 0.250. The summed E-state index contributed by atoms with van der Waals surface area (Å²) >= 11 is 4.40. The number of nitriles is 1. The van der Waals surface area contributed by atoms with Crippen molar-refractivity contribution in [3.05, 3.63) is 95.3 Å². The van der Waals surface area contributed by atoms with Crippen LogP contribution in [-0.4, -0.2) is 49.9 Å². The standard InChI is InChI=1S/C32H31I2N5O7/c1-4-44-26-13-22(29-28(31(41)43-3)18(2)37-32(42)38-29)9-10-25(26)45-17-27(40)39-36-15-21-11-23(33)30(24(34)12-21)46-16-20-7-5-19(14-35)6-8-20/h5-13,15,27,29,39-40H,4,16-17H2,1-3H3,(H2,37,38,42)/b36-15+/t27-,29+/m1/s1. The van der Waals surface area contributed by atoms with Gasteiger partial charge in [-0.25, -0.2) is 9.59 Å². The van der Waals surface area contributed by atoms with Crippen LogP contribution in [0.5, 0.6) is 17.2 Å². The van der Waals surface area contributed by atoms with Gasteiger partial charge in [-0.15, -0.1) is 0 Å². The molecule has 46 heavy (non-hydrogen) atoms. The summed E-state index contributed by atoms with van der Waals surface area (Å²) in [6.45, 7) is 3.99. The van der Waals surface area contributed by atoms with Crippen molar-refractivity contribution in [2.24, 2.45) is 5.10 Å². The third kappa shape index (κ3) is 9.01. The third-order valence-electron chi connectivity index (χ3n) is 6.60. The number of hydrogen-bond donors (Lipinski definition) is 4. The van der Waals surface area contributed by atoms with Crippen LogP contribution in [0.4, 0.5) is 4.79 Å². The van der Waals surface area contributed by atoms with Crippen LogP contribution in [-0.2, 0) is 16.1 Å². The van der Waals surface area contributed by atoms with E-state index in [4.69, 9.17) is 24.2 Å². The number of esters is 1. The van der Waals surface area contributed by atoms with Gasteiger partial charge < -0.3 is 34.7 Å². The molecule has 3 aromatic rings. The second-order valence-electron chi connectivity index (χ2n) is 9.83. The Labute approximate surface area is 293 Å². The van der Waals surface area contributed by atoms with Gasteiger partial charge in [0.2, 0.25) is 0 Å². The summed E-state index contributed by atoms with van der Waals surface area (Å²) < 4.78 is 24.3. The number of rotatable bonds is 13. The van der Waals surface area contributed by atoms with Gasteiger partial charge in [0.25, 0.3) is 0 Å². The molecule has 1 aliphatic heterocycles. The number of halogens is 2. The van der Waals surface area contributed by atoms with Crippen LogP contribution < -0.4 is 30.3 Å². The Morgan fingerprint density at radius 2 is 1.83 bits per heavy atom. The zero-order valence-corrected chi connectivity index (χ0v) is 29.4. The maximum atomic E-state index is 12.5. The summed E-state index contributed by atoms with van der Waals surface area (Å²) in [5.41, 5.74) is 6.25. The molecule has 1 heterocycles. The van der Waals surface area contributed by atoms with Crippen LogP contribution in [0, 0.1) is 18.5 Å². The summed E-state index contributed by atoms with van der Waals surface area (Å²) in [4.78, 5) is 24.6. The number of aliphatic hydroxyl groups excluding tert-OH is 1. The Bertz CT molecular complexity index is 1670. The highest BCUT2D eigenvalue weighted by atomic mass is 127. The first-order valence-electron chi connectivity index (χ1n) is 14.0. The lowest BCUT2D eigenvalue weighted by Gasteiger charge is -2.28. The number of amides is 2. The Kier molecular flexibility index (Phi) is 12.5. The largest absolute Gasteiger partial charge is 0.490 e. The average molecular weight is 851 g/mol. The number of nitrogens with one attached hydrogen (secondary N) is 3. The Morgan fingerprint density at radius 3 is 2.48 bits per heavy atom. The first-order chi connectivity index (χ1) is 22.1. The van der Waals surface area contributed by atoms with Crippen LogP contribution in [0.3, 0.4) is 0 Å². The van der Waals surface area contributed by atoms with Gasteiger partial charge in [0.05, 0.1) is 50.3 Å². The number of methoxy groups -OCH3 is 1. The minimum Gasteiger partial charge on any atom is -0.490 e. The molecule has 14 heteroatoms. The molecule has 0 saturated carbocycles. The zero-order chi connectivity index (χ0) is 33.2. The van der Waals surface area contributed by atoms with E-state index >= 15 is 0 Å². The van der Waals surface area contributed by atoms with E-state index in [2.05, 4.69) is 72.4 Å². The summed E-state index contributed by atoms with van der Waals surface area (Å²) in [7, 11) is 1.27. The Morgan fingerprint density at radius 1 is 1.11 bits per heavy atom. The molecule has 0 saturated heterocycles. The highest BCUT2D eigenvalue weighted by Crippen LogP contribution is 2.35. The molecule has 0 fully saturated rings. The molecule has 0 spiro atoms. The quantitative estimate of drug-likeness (QED) is 0.0619. The van der Waals surface area contributed by atoms with Gasteiger partial charge in [0.1, 0.15) is 19.0 Å². The molecule has 4 N–H and O–H groups in total. The molecule has 12 nitrogen and oxygen atoms in total.